The summed E-state index contributed by atoms with van der Waals surface area (Å²) >= 11 is 1.63. The highest BCUT2D eigenvalue weighted by Crippen LogP contribution is 2.28. The number of rotatable bonds is 6. The van der Waals surface area contributed by atoms with Crippen molar-refractivity contribution < 1.29 is 9.47 Å². The molecule has 0 radical (unpaired) electrons. The summed E-state index contributed by atoms with van der Waals surface area (Å²) in [5.74, 6) is 1.48. The molecule has 0 saturated carbocycles. The van der Waals surface area contributed by atoms with Crippen molar-refractivity contribution in [1.82, 2.24) is 0 Å². The van der Waals surface area contributed by atoms with E-state index in [1.165, 1.54) is 11.1 Å². The molecule has 0 aliphatic carbocycles. The van der Waals surface area contributed by atoms with Crippen molar-refractivity contribution in [2.75, 3.05) is 7.11 Å². The second kappa shape index (κ2) is 9.99. The fourth-order valence-electron chi connectivity index (χ4n) is 2.60. The third-order valence-electron chi connectivity index (χ3n) is 4.22. The Morgan fingerprint density at radius 3 is 2.31 bits per heavy atom. The van der Waals surface area contributed by atoms with Crippen molar-refractivity contribution in [2.24, 2.45) is 4.99 Å². The van der Waals surface area contributed by atoms with Crippen LogP contribution < -0.4 is 9.47 Å². The Morgan fingerprint density at radius 1 is 0.862 bits per heavy atom. The molecule has 0 atom stereocenters. The monoisotopic (exact) mass is 403 g/mol. The van der Waals surface area contributed by atoms with Crippen LogP contribution in [0.15, 0.2) is 94.5 Å². The van der Waals surface area contributed by atoms with Crippen LogP contribution in [0, 0.1) is 13.8 Å². The molecule has 3 nitrogen and oxygen atoms in total. The van der Waals surface area contributed by atoms with E-state index in [0.29, 0.717) is 0 Å². The summed E-state index contributed by atoms with van der Waals surface area (Å²) in [7, 11) is 1.64. The lowest BCUT2D eigenvalue weighted by molar-refractivity contribution is 0.408. The van der Waals surface area contributed by atoms with Gasteiger partial charge in [0, 0.05) is 16.5 Å². The van der Waals surface area contributed by atoms with Gasteiger partial charge in [-0.2, -0.15) is 0 Å². The van der Waals surface area contributed by atoms with Gasteiger partial charge in [-0.15, -0.1) is 0 Å². The number of hydrogen-bond acceptors (Lipinski definition) is 4. The lowest BCUT2D eigenvalue weighted by Gasteiger charge is -2.09. The first-order valence-electron chi connectivity index (χ1n) is 9.41. The Morgan fingerprint density at radius 2 is 1.59 bits per heavy atom. The fourth-order valence-corrected chi connectivity index (χ4v) is 3.57. The fraction of sp³-hybridized carbons (Fsp3) is 0.160. The predicted octanol–water partition coefficient (Wildman–Crippen LogP) is 7.12. The second-order valence-corrected chi connectivity index (χ2v) is 7.83. The maximum absolute atomic E-state index is 5.87. The third-order valence-corrected chi connectivity index (χ3v) is 5.32. The molecule has 3 rings (SSSR count). The van der Waals surface area contributed by atoms with Crippen molar-refractivity contribution in [3.8, 4) is 11.5 Å². The SMILES string of the molecule is COc1cccc(O/C=C(C)/C(=N/c2ccc(C)cc2)Sc2cccc(C)c2)c1. The molecule has 0 spiro atoms. The molecular weight excluding hydrogens is 378 g/mol. The number of ether oxygens (including phenoxy) is 2. The van der Waals surface area contributed by atoms with Crippen molar-refractivity contribution in [3.63, 3.8) is 0 Å². The van der Waals surface area contributed by atoms with E-state index in [1.807, 2.05) is 43.3 Å². The largest absolute Gasteiger partial charge is 0.497 e. The number of aryl methyl sites for hydroxylation is 2. The van der Waals surface area contributed by atoms with Crippen LogP contribution in [0.1, 0.15) is 18.1 Å². The minimum atomic E-state index is 0.721. The maximum Gasteiger partial charge on any atom is 0.130 e. The van der Waals surface area contributed by atoms with Gasteiger partial charge in [0.1, 0.15) is 16.5 Å². The molecule has 0 saturated heterocycles. The van der Waals surface area contributed by atoms with E-state index in [-0.39, 0.29) is 0 Å². The smallest absolute Gasteiger partial charge is 0.130 e. The molecule has 0 unspecified atom stereocenters. The highest BCUT2D eigenvalue weighted by Gasteiger charge is 2.08. The standard InChI is InChI=1S/C25H25NO2S/c1-18-11-13-21(14-12-18)26-25(29-24-10-5-7-19(2)15-24)20(3)17-28-23-9-6-8-22(16-23)27-4/h5-17H,1-4H3/b20-17+,26-25-. The van der Waals surface area contributed by atoms with E-state index in [2.05, 4.69) is 50.2 Å². The molecule has 148 valence electrons. The molecule has 0 N–H and O–H groups in total. The van der Waals surface area contributed by atoms with Crippen LogP contribution in [-0.2, 0) is 0 Å². The average molecular weight is 404 g/mol. The zero-order valence-electron chi connectivity index (χ0n) is 17.2. The molecule has 0 amide bonds. The first-order chi connectivity index (χ1) is 14.0. The van der Waals surface area contributed by atoms with E-state index >= 15 is 0 Å². The Labute approximate surface area is 177 Å². The molecule has 3 aromatic rings. The topological polar surface area (TPSA) is 30.8 Å². The Hall–Kier alpha value is -2.98. The Kier molecular flexibility index (Phi) is 7.14. The zero-order valence-corrected chi connectivity index (χ0v) is 18.0. The second-order valence-electron chi connectivity index (χ2n) is 6.77. The predicted molar refractivity (Wildman–Crippen MR) is 123 cm³/mol. The summed E-state index contributed by atoms with van der Waals surface area (Å²) in [6.07, 6.45) is 1.74. The lowest BCUT2D eigenvalue weighted by atomic mass is 10.2. The highest BCUT2D eigenvalue weighted by atomic mass is 32.2. The third kappa shape index (κ3) is 6.26. The molecule has 0 aliphatic rings. The van der Waals surface area contributed by atoms with Crippen LogP contribution in [0.25, 0.3) is 0 Å². The van der Waals surface area contributed by atoms with Gasteiger partial charge in [-0.1, -0.05) is 53.2 Å². The minimum Gasteiger partial charge on any atom is -0.497 e. The van der Waals surface area contributed by atoms with Crippen LogP contribution in [0.5, 0.6) is 11.5 Å². The van der Waals surface area contributed by atoms with Crippen LogP contribution in [-0.4, -0.2) is 12.2 Å². The summed E-state index contributed by atoms with van der Waals surface area (Å²) in [6, 6.07) is 24.2. The average Bonchev–Trinajstić information content (AvgIpc) is 2.73. The molecule has 3 aromatic carbocycles. The Balaban J connectivity index is 1.88. The van der Waals surface area contributed by atoms with E-state index < -0.39 is 0 Å². The highest BCUT2D eigenvalue weighted by molar-refractivity contribution is 8.14. The summed E-state index contributed by atoms with van der Waals surface area (Å²) in [5.41, 5.74) is 4.30. The van der Waals surface area contributed by atoms with Gasteiger partial charge in [-0.05, 0) is 57.2 Å². The molecule has 0 heterocycles. The first-order valence-corrected chi connectivity index (χ1v) is 10.2. The van der Waals surface area contributed by atoms with Gasteiger partial charge in [-0.3, -0.25) is 0 Å². The normalized spacial score (nSPS) is 12.0. The van der Waals surface area contributed by atoms with E-state index in [1.54, 1.807) is 25.1 Å². The van der Waals surface area contributed by atoms with Crippen molar-refractivity contribution >= 4 is 22.5 Å². The van der Waals surface area contributed by atoms with Crippen molar-refractivity contribution in [1.29, 1.82) is 0 Å². The van der Waals surface area contributed by atoms with Crippen molar-refractivity contribution in [3.05, 3.63) is 95.8 Å². The number of benzene rings is 3. The quantitative estimate of drug-likeness (QED) is 0.190. The minimum absolute atomic E-state index is 0.721. The number of nitrogens with zero attached hydrogens (tertiary/aromatic N) is 1. The van der Waals surface area contributed by atoms with Gasteiger partial charge < -0.3 is 9.47 Å². The summed E-state index contributed by atoms with van der Waals surface area (Å²) < 4.78 is 11.1. The van der Waals surface area contributed by atoms with Crippen LogP contribution in [0.2, 0.25) is 0 Å². The lowest BCUT2D eigenvalue weighted by Crippen LogP contribution is -1.97. The molecule has 0 aliphatic heterocycles. The molecule has 0 aromatic heterocycles. The summed E-state index contributed by atoms with van der Waals surface area (Å²) in [5, 5.41) is 0.891. The van der Waals surface area contributed by atoms with E-state index in [9.17, 15) is 0 Å². The van der Waals surface area contributed by atoms with Crippen LogP contribution >= 0.6 is 11.8 Å². The number of aliphatic imine (C=N–C) groups is 1. The molecule has 4 heteroatoms. The summed E-state index contributed by atoms with van der Waals surface area (Å²) in [4.78, 5) is 6.02. The number of methoxy groups -OCH3 is 1. The van der Waals surface area contributed by atoms with Gasteiger partial charge in [0.15, 0.2) is 0 Å². The van der Waals surface area contributed by atoms with Gasteiger partial charge in [0.2, 0.25) is 0 Å². The van der Waals surface area contributed by atoms with E-state index in [0.717, 1.165) is 32.7 Å². The van der Waals surface area contributed by atoms with Crippen molar-refractivity contribution in [2.45, 2.75) is 25.7 Å². The first kappa shape index (κ1) is 20.7. The van der Waals surface area contributed by atoms with Gasteiger partial charge in [0.25, 0.3) is 0 Å². The van der Waals surface area contributed by atoms with Crippen LogP contribution in [0.3, 0.4) is 0 Å². The summed E-state index contributed by atoms with van der Waals surface area (Å²) in [6.45, 7) is 6.18. The maximum atomic E-state index is 5.87. The van der Waals surface area contributed by atoms with E-state index in [4.69, 9.17) is 14.5 Å². The van der Waals surface area contributed by atoms with Crippen LogP contribution in [0.4, 0.5) is 5.69 Å². The Bertz CT molecular complexity index is 1020. The molecule has 29 heavy (non-hydrogen) atoms. The molecule has 0 fully saturated rings. The van der Waals surface area contributed by atoms with Gasteiger partial charge in [-0.25, -0.2) is 4.99 Å². The molecule has 0 bridgehead atoms. The zero-order chi connectivity index (χ0) is 20.6. The number of hydrogen-bond donors (Lipinski definition) is 0. The van der Waals surface area contributed by atoms with Gasteiger partial charge >= 0.3 is 0 Å². The number of thioether (sulfide) groups is 1. The molecular formula is C25H25NO2S. The van der Waals surface area contributed by atoms with Gasteiger partial charge in [0.05, 0.1) is 19.1 Å².